The molecule has 4 nitrogen and oxygen atoms in total. The van der Waals surface area contributed by atoms with E-state index in [1.165, 1.54) is 12.1 Å². The summed E-state index contributed by atoms with van der Waals surface area (Å²) in [5.74, 6) is -0.913. The molecule has 0 saturated heterocycles. The summed E-state index contributed by atoms with van der Waals surface area (Å²) < 4.78 is 5.81. The lowest BCUT2D eigenvalue weighted by molar-refractivity contribution is 0.0698. The highest BCUT2D eigenvalue weighted by Gasteiger charge is 2.17. The molecule has 0 fully saturated rings. The Kier molecular flexibility index (Phi) is 1.58. The number of hydrogen-bond acceptors (Lipinski definition) is 4. The van der Waals surface area contributed by atoms with Crippen molar-refractivity contribution in [2.45, 2.75) is 0 Å². The summed E-state index contributed by atoms with van der Waals surface area (Å²) in [4.78, 5) is 10.7. The number of benzene rings is 1. The van der Waals surface area contributed by atoms with Crippen LogP contribution in [0.4, 0.5) is 11.4 Å². The fraction of sp³-hybridized carbons (Fsp3) is 0. The van der Waals surface area contributed by atoms with Crippen molar-refractivity contribution in [1.82, 2.24) is 0 Å². The number of carboxylic acids is 1. The molecule has 0 saturated carbocycles. The Morgan fingerprint density at radius 1 is 1.42 bits per heavy atom. The van der Waals surface area contributed by atoms with Crippen LogP contribution >= 0.6 is 12.1 Å². The maximum atomic E-state index is 10.7. The molecular weight excluding hydrogens is 176 g/mol. The molecule has 1 aliphatic rings. The van der Waals surface area contributed by atoms with Crippen LogP contribution in [0, 0.1) is 0 Å². The van der Waals surface area contributed by atoms with Gasteiger partial charge in [-0.25, -0.2) is 4.79 Å². The van der Waals surface area contributed by atoms with Crippen molar-refractivity contribution in [3.8, 4) is 0 Å². The van der Waals surface area contributed by atoms with Gasteiger partial charge in [0.1, 0.15) is 0 Å². The van der Waals surface area contributed by atoms with E-state index >= 15 is 0 Å². The predicted molar refractivity (Wildman–Crippen MR) is 48.2 cm³/mol. The fourth-order valence-corrected chi connectivity index (χ4v) is 1.71. The zero-order chi connectivity index (χ0) is 8.55. The summed E-state index contributed by atoms with van der Waals surface area (Å²) in [5, 5.41) is 8.77. The van der Waals surface area contributed by atoms with Gasteiger partial charge in [-0.2, -0.15) is 0 Å². The number of carbonyl (C=O) groups is 1. The predicted octanol–water partition coefficient (Wildman–Crippen LogP) is 1.79. The van der Waals surface area contributed by atoms with E-state index in [0.717, 1.165) is 5.69 Å². The van der Waals surface area contributed by atoms with Gasteiger partial charge in [0.15, 0.2) is 0 Å². The van der Waals surface area contributed by atoms with Crippen molar-refractivity contribution in [3.05, 3.63) is 23.8 Å². The number of carboxylic acid groups (broad SMARTS) is 1. The molecule has 0 aliphatic carbocycles. The highest BCUT2D eigenvalue weighted by atomic mass is 32.2. The third kappa shape index (κ3) is 0.984. The number of aromatic carboxylic acids is 1. The standard InChI is InChI=1S/C7H6N2O2S/c10-7(11)4-2-1-3-5-6(4)9-12-8-5/h1-3,8-9H,(H,10,11). The average molecular weight is 182 g/mol. The molecule has 0 radical (unpaired) electrons. The molecule has 12 heavy (non-hydrogen) atoms. The van der Waals surface area contributed by atoms with Gasteiger partial charge >= 0.3 is 5.97 Å². The lowest BCUT2D eigenvalue weighted by Gasteiger charge is -2.00. The van der Waals surface area contributed by atoms with Gasteiger partial charge in [-0.15, -0.1) is 0 Å². The Labute approximate surface area is 73.2 Å². The van der Waals surface area contributed by atoms with Crippen LogP contribution in [0.25, 0.3) is 0 Å². The number of rotatable bonds is 1. The smallest absolute Gasteiger partial charge is 0.337 e. The van der Waals surface area contributed by atoms with E-state index in [1.807, 2.05) is 6.07 Å². The molecule has 0 atom stereocenters. The van der Waals surface area contributed by atoms with Crippen LogP contribution in [0.2, 0.25) is 0 Å². The van der Waals surface area contributed by atoms with Crippen LogP contribution in [0.5, 0.6) is 0 Å². The highest BCUT2D eigenvalue weighted by Crippen LogP contribution is 2.35. The molecule has 5 heteroatoms. The van der Waals surface area contributed by atoms with E-state index in [0.29, 0.717) is 11.3 Å². The summed E-state index contributed by atoms with van der Waals surface area (Å²) in [6.07, 6.45) is 0. The van der Waals surface area contributed by atoms with Gasteiger partial charge in [-0.1, -0.05) is 6.07 Å². The largest absolute Gasteiger partial charge is 0.478 e. The molecule has 1 aromatic carbocycles. The maximum absolute atomic E-state index is 10.7. The second kappa shape index (κ2) is 2.60. The van der Waals surface area contributed by atoms with Crippen molar-refractivity contribution in [3.63, 3.8) is 0 Å². The van der Waals surface area contributed by atoms with Crippen molar-refractivity contribution in [1.29, 1.82) is 0 Å². The normalized spacial score (nSPS) is 13.0. The monoisotopic (exact) mass is 182 g/mol. The minimum Gasteiger partial charge on any atom is -0.478 e. The topological polar surface area (TPSA) is 61.4 Å². The van der Waals surface area contributed by atoms with E-state index in [4.69, 9.17) is 5.11 Å². The number of para-hydroxylation sites is 1. The van der Waals surface area contributed by atoms with Gasteiger partial charge in [0.2, 0.25) is 0 Å². The Morgan fingerprint density at radius 3 is 3.00 bits per heavy atom. The lowest BCUT2D eigenvalue weighted by atomic mass is 10.1. The van der Waals surface area contributed by atoms with Gasteiger partial charge in [0.05, 0.1) is 29.1 Å². The van der Waals surface area contributed by atoms with Crippen LogP contribution in [0.1, 0.15) is 10.4 Å². The van der Waals surface area contributed by atoms with E-state index in [9.17, 15) is 4.79 Å². The maximum Gasteiger partial charge on any atom is 0.337 e. The molecule has 0 unspecified atom stereocenters. The number of anilines is 2. The first-order valence-electron chi connectivity index (χ1n) is 3.33. The molecule has 62 valence electrons. The van der Waals surface area contributed by atoms with Crippen molar-refractivity contribution < 1.29 is 9.90 Å². The minimum atomic E-state index is -0.913. The van der Waals surface area contributed by atoms with Crippen molar-refractivity contribution in [2.75, 3.05) is 9.44 Å². The van der Waals surface area contributed by atoms with Gasteiger partial charge in [0, 0.05) is 0 Å². The zero-order valence-corrected chi connectivity index (χ0v) is 6.81. The third-order valence-electron chi connectivity index (χ3n) is 1.61. The van der Waals surface area contributed by atoms with E-state index in [-0.39, 0.29) is 0 Å². The molecule has 3 N–H and O–H groups in total. The van der Waals surface area contributed by atoms with E-state index < -0.39 is 5.97 Å². The Balaban J connectivity index is 2.56. The third-order valence-corrected chi connectivity index (χ3v) is 2.24. The lowest BCUT2D eigenvalue weighted by Crippen LogP contribution is -1.98. The van der Waals surface area contributed by atoms with Crippen LogP contribution in [0.3, 0.4) is 0 Å². The van der Waals surface area contributed by atoms with Crippen LogP contribution < -0.4 is 9.44 Å². The Bertz CT molecular complexity index is 340. The first-order valence-corrected chi connectivity index (χ1v) is 4.15. The SMILES string of the molecule is O=C(O)c1cccc2c1NSN2. The first kappa shape index (κ1) is 7.30. The first-order chi connectivity index (χ1) is 5.79. The number of fused-ring (bicyclic) bond motifs is 1. The number of nitrogens with one attached hydrogen (secondary N) is 2. The summed E-state index contributed by atoms with van der Waals surface area (Å²) in [5.41, 5.74) is 1.76. The molecule has 2 rings (SSSR count). The molecule has 1 heterocycles. The molecule has 0 amide bonds. The molecule has 0 spiro atoms. The Morgan fingerprint density at radius 2 is 2.25 bits per heavy atom. The summed E-state index contributed by atoms with van der Waals surface area (Å²) in [6.45, 7) is 0. The summed E-state index contributed by atoms with van der Waals surface area (Å²) in [6, 6.07) is 5.11. The van der Waals surface area contributed by atoms with E-state index in [2.05, 4.69) is 9.44 Å². The van der Waals surface area contributed by atoms with Crippen LogP contribution in [-0.2, 0) is 0 Å². The molecule has 1 aromatic rings. The van der Waals surface area contributed by atoms with Crippen molar-refractivity contribution >= 4 is 29.5 Å². The van der Waals surface area contributed by atoms with Crippen LogP contribution in [-0.4, -0.2) is 11.1 Å². The zero-order valence-electron chi connectivity index (χ0n) is 6.00. The molecule has 0 aromatic heterocycles. The summed E-state index contributed by atoms with van der Waals surface area (Å²) >= 11 is 1.27. The average Bonchev–Trinajstić information content (AvgIpc) is 2.49. The number of hydrogen-bond donors (Lipinski definition) is 3. The van der Waals surface area contributed by atoms with Crippen LogP contribution in [0.15, 0.2) is 18.2 Å². The Hall–Kier alpha value is -1.36. The van der Waals surface area contributed by atoms with Crippen molar-refractivity contribution in [2.24, 2.45) is 0 Å². The second-order valence-corrected chi connectivity index (χ2v) is 2.95. The minimum absolute atomic E-state index is 0.296. The quantitative estimate of drug-likeness (QED) is 0.578. The fourth-order valence-electron chi connectivity index (χ4n) is 1.06. The highest BCUT2D eigenvalue weighted by molar-refractivity contribution is 8.02. The second-order valence-electron chi connectivity index (χ2n) is 2.34. The molecule has 0 bridgehead atoms. The van der Waals surface area contributed by atoms with Gasteiger partial charge in [-0.05, 0) is 12.1 Å². The molecular formula is C7H6N2O2S. The summed E-state index contributed by atoms with van der Waals surface area (Å²) in [7, 11) is 0. The van der Waals surface area contributed by atoms with E-state index in [1.54, 1.807) is 12.1 Å². The van der Waals surface area contributed by atoms with Gasteiger partial charge in [0.25, 0.3) is 0 Å². The van der Waals surface area contributed by atoms with Gasteiger partial charge < -0.3 is 14.6 Å². The molecule has 1 aliphatic heterocycles. The van der Waals surface area contributed by atoms with Gasteiger partial charge in [-0.3, -0.25) is 0 Å².